The van der Waals surface area contributed by atoms with Crippen LogP contribution < -0.4 is 5.32 Å². The van der Waals surface area contributed by atoms with E-state index in [2.05, 4.69) is 37.9 Å². The highest BCUT2D eigenvalue weighted by Gasteiger charge is 2.39. The summed E-state index contributed by atoms with van der Waals surface area (Å²) in [5, 5.41) is 15.5. The predicted molar refractivity (Wildman–Crippen MR) is 97.2 cm³/mol. The van der Waals surface area contributed by atoms with Crippen molar-refractivity contribution in [1.29, 1.82) is 0 Å². The molecule has 2 fully saturated rings. The second kappa shape index (κ2) is 7.53. The van der Waals surface area contributed by atoms with Gasteiger partial charge in [0.15, 0.2) is 5.82 Å². The molecule has 0 unspecified atom stereocenters. The van der Waals surface area contributed by atoms with Gasteiger partial charge >= 0.3 is 0 Å². The van der Waals surface area contributed by atoms with Crippen molar-refractivity contribution >= 4 is 5.91 Å². The number of piperidine rings is 2. The fourth-order valence-corrected chi connectivity index (χ4v) is 4.52. The second-order valence-electron chi connectivity index (χ2n) is 7.52. The van der Waals surface area contributed by atoms with Gasteiger partial charge in [-0.25, -0.2) is 4.68 Å². The highest BCUT2D eigenvalue weighted by molar-refractivity contribution is 5.73. The van der Waals surface area contributed by atoms with Crippen LogP contribution in [0.15, 0.2) is 30.3 Å². The Hall–Kier alpha value is -2.28. The van der Waals surface area contributed by atoms with Crippen molar-refractivity contribution < 1.29 is 4.79 Å². The summed E-state index contributed by atoms with van der Waals surface area (Å²) < 4.78 is 1.91. The van der Waals surface area contributed by atoms with Crippen LogP contribution in [0, 0.1) is 0 Å². The third-order valence-electron chi connectivity index (χ3n) is 5.64. The van der Waals surface area contributed by atoms with E-state index in [1.807, 2.05) is 22.9 Å². The molecule has 2 atom stereocenters. The zero-order valence-electron chi connectivity index (χ0n) is 15.2. The molecule has 3 heterocycles. The number of rotatable bonds is 5. The summed E-state index contributed by atoms with van der Waals surface area (Å²) in [7, 11) is 0. The predicted octanol–water partition coefficient (Wildman–Crippen LogP) is 1.74. The highest BCUT2D eigenvalue weighted by atomic mass is 16.1. The largest absolute Gasteiger partial charge is 0.353 e. The molecule has 0 spiro atoms. The maximum atomic E-state index is 11.4. The summed E-state index contributed by atoms with van der Waals surface area (Å²) in [5.74, 6) is 0.997. The molecule has 26 heavy (non-hydrogen) atoms. The smallest absolute Gasteiger partial charge is 0.217 e. The van der Waals surface area contributed by atoms with Crippen molar-refractivity contribution in [2.75, 3.05) is 0 Å². The third-order valence-corrected chi connectivity index (χ3v) is 5.64. The number of fused-ring (bicyclic) bond motifs is 2. The lowest BCUT2D eigenvalue weighted by Crippen LogP contribution is -2.56. The molecule has 0 aliphatic carbocycles. The van der Waals surface area contributed by atoms with Gasteiger partial charge in [-0.3, -0.25) is 9.69 Å². The number of benzene rings is 1. The van der Waals surface area contributed by atoms with E-state index in [4.69, 9.17) is 0 Å². The molecule has 2 bridgehead atoms. The lowest BCUT2D eigenvalue weighted by molar-refractivity contribution is -0.120. The number of nitrogens with one attached hydrogen (secondary N) is 1. The van der Waals surface area contributed by atoms with Crippen LogP contribution in [0.5, 0.6) is 0 Å². The Balaban J connectivity index is 1.46. The molecule has 0 radical (unpaired) electrons. The van der Waals surface area contributed by atoms with E-state index in [0.29, 0.717) is 24.7 Å². The molecule has 7 nitrogen and oxygen atoms in total. The number of carbonyl (C=O) groups excluding carboxylic acids is 1. The van der Waals surface area contributed by atoms with Crippen LogP contribution in [0.2, 0.25) is 0 Å². The first-order valence-electron chi connectivity index (χ1n) is 9.51. The standard InChI is InChI=1S/C19H26N6O/c1-14(26)20-16-10-17-8-5-9-18(11-16)24(17)13-19-21-22-23-25(19)12-15-6-3-2-4-7-15/h2-4,6-7,16-18H,5,8-13H2,1H3,(H,20,26)/t17-,18-/m1/s1. The van der Waals surface area contributed by atoms with Gasteiger partial charge in [-0.05, 0) is 41.7 Å². The molecule has 4 rings (SSSR count). The van der Waals surface area contributed by atoms with Crippen molar-refractivity contribution in [3.05, 3.63) is 41.7 Å². The minimum Gasteiger partial charge on any atom is -0.353 e. The molecule has 7 heteroatoms. The Kier molecular flexibility index (Phi) is 4.97. The molecule has 0 saturated carbocycles. The van der Waals surface area contributed by atoms with E-state index in [0.717, 1.165) is 25.2 Å². The number of nitrogens with zero attached hydrogens (tertiary/aromatic N) is 5. The summed E-state index contributed by atoms with van der Waals surface area (Å²) in [6.07, 6.45) is 5.69. The van der Waals surface area contributed by atoms with Gasteiger partial charge in [0, 0.05) is 25.0 Å². The Morgan fingerprint density at radius 2 is 1.88 bits per heavy atom. The average Bonchev–Trinajstić information content (AvgIpc) is 3.03. The summed E-state index contributed by atoms with van der Waals surface area (Å²) in [6.45, 7) is 3.09. The SMILES string of the molecule is CC(=O)NC1C[C@H]2CCC[C@H](C1)N2Cc1nnnn1Cc1ccccc1. The van der Waals surface area contributed by atoms with E-state index >= 15 is 0 Å². The first kappa shape index (κ1) is 17.1. The van der Waals surface area contributed by atoms with Crippen molar-refractivity contribution in [1.82, 2.24) is 30.4 Å². The van der Waals surface area contributed by atoms with E-state index in [1.54, 1.807) is 6.92 Å². The summed E-state index contributed by atoms with van der Waals surface area (Å²) >= 11 is 0. The normalized spacial score (nSPS) is 25.8. The van der Waals surface area contributed by atoms with Crippen LogP contribution >= 0.6 is 0 Å². The second-order valence-corrected chi connectivity index (χ2v) is 7.52. The van der Waals surface area contributed by atoms with E-state index in [-0.39, 0.29) is 5.91 Å². The minimum atomic E-state index is 0.0772. The van der Waals surface area contributed by atoms with Crippen LogP contribution in [0.4, 0.5) is 0 Å². The lowest BCUT2D eigenvalue weighted by Gasteiger charge is -2.48. The van der Waals surface area contributed by atoms with Gasteiger partial charge in [0.05, 0.1) is 13.1 Å². The van der Waals surface area contributed by atoms with Crippen LogP contribution in [0.25, 0.3) is 0 Å². The zero-order valence-corrected chi connectivity index (χ0v) is 15.2. The van der Waals surface area contributed by atoms with Gasteiger partial charge in [-0.1, -0.05) is 36.8 Å². The quantitative estimate of drug-likeness (QED) is 0.885. The average molecular weight is 354 g/mol. The molecule has 1 N–H and O–H groups in total. The molecule has 1 amide bonds. The van der Waals surface area contributed by atoms with Crippen molar-refractivity contribution in [3.63, 3.8) is 0 Å². The van der Waals surface area contributed by atoms with Crippen LogP contribution in [0.1, 0.15) is 50.4 Å². The first-order chi connectivity index (χ1) is 12.7. The lowest BCUT2D eigenvalue weighted by atomic mass is 9.81. The Morgan fingerprint density at radius 1 is 1.15 bits per heavy atom. The number of tetrazole rings is 1. The van der Waals surface area contributed by atoms with Gasteiger partial charge in [-0.2, -0.15) is 0 Å². The van der Waals surface area contributed by atoms with Crippen LogP contribution in [0.3, 0.4) is 0 Å². The fourth-order valence-electron chi connectivity index (χ4n) is 4.52. The molecule has 2 saturated heterocycles. The van der Waals surface area contributed by atoms with Gasteiger partial charge in [-0.15, -0.1) is 5.10 Å². The number of aromatic nitrogens is 4. The summed E-state index contributed by atoms with van der Waals surface area (Å²) in [6, 6.07) is 11.6. The molecule has 138 valence electrons. The zero-order chi connectivity index (χ0) is 17.9. The Labute approximate surface area is 153 Å². The number of hydrogen-bond donors (Lipinski definition) is 1. The van der Waals surface area contributed by atoms with E-state index in [9.17, 15) is 4.79 Å². The van der Waals surface area contributed by atoms with Crippen molar-refractivity contribution in [2.24, 2.45) is 0 Å². The van der Waals surface area contributed by atoms with Gasteiger partial charge in [0.1, 0.15) is 0 Å². The van der Waals surface area contributed by atoms with E-state index < -0.39 is 0 Å². The number of hydrogen-bond acceptors (Lipinski definition) is 5. The number of amides is 1. The molecule has 2 aliphatic rings. The summed E-state index contributed by atoms with van der Waals surface area (Å²) in [5.41, 5.74) is 1.20. The molecule has 2 aromatic rings. The van der Waals surface area contributed by atoms with E-state index in [1.165, 1.54) is 24.8 Å². The molecular formula is C19H26N6O. The van der Waals surface area contributed by atoms with Crippen molar-refractivity contribution in [2.45, 2.75) is 70.2 Å². The topological polar surface area (TPSA) is 75.9 Å². The van der Waals surface area contributed by atoms with Gasteiger partial charge in [0.2, 0.25) is 5.91 Å². The first-order valence-corrected chi connectivity index (χ1v) is 9.51. The monoisotopic (exact) mass is 354 g/mol. The maximum Gasteiger partial charge on any atom is 0.217 e. The van der Waals surface area contributed by atoms with Crippen LogP contribution in [-0.2, 0) is 17.9 Å². The molecule has 2 aliphatic heterocycles. The van der Waals surface area contributed by atoms with Gasteiger partial charge in [0.25, 0.3) is 0 Å². The minimum absolute atomic E-state index is 0.0772. The molecular weight excluding hydrogens is 328 g/mol. The highest BCUT2D eigenvalue weighted by Crippen LogP contribution is 2.35. The van der Waals surface area contributed by atoms with Crippen LogP contribution in [-0.4, -0.2) is 49.1 Å². The molecule has 1 aromatic carbocycles. The fraction of sp³-hybridized carbons (Fsp3) is 0.579. The maximum absolute atomic E-state index is 11.4. The Bertz CT molecular complexity index is 731. The Morgan fingerprint density at radius 3 is 2.58 bits per heavy atom. The van der Waals surface area contributed by atoms with Gasteiger partial charge < -0.3 is 5.32 Å². The molecule has 1 aromatic heterocycles. The number of carbonyl (C=O) groups is 1. The summed E-state index contributed by atoms with van der Waals surface area (Å²) in [4.78, 5) is 14.0. The van der Waals surface area contributed by atoms with Crippen molar-refractivity contribution in [3.8, 4) is 0 Å². The third kappa shape index (κ3) is 3.77.